The molecule has 1 unspecified atom stereocenters. The van der Waals surface area contributed by atoms with Gasteiger partial charge in [0, 0.05) is 19.3 Å². The van der Waals surface area contributed by atoms with Crippen LogP contribution >= 0.6 is 0 Å². The lowest BCUT2D eigenvalue weighted by Crippen LogP contribution is -2.42. The predicted octanol–water partition coefficient (Wildman–Crippen LogP) is 6.88. The number of benzene rings is 1. The van der Waals surface area contributed by atoms with E-state index in [0.717, 1.165) is 50.5 Å². The fourth-order valence-electron chi connectivity index (χ4n) is 4.33. The van der Waals surface area contributed by atoms with Crippen LogP contribution in [0.5, 0.6) is 0 Å². The summed E-state index contributed by atoms with van der Waals surface area (Å²) < 4.78 is 10.6. The third kappa shape index (κ3) is 20.1. The Labute approximate surface area is 240 Å². The predicted molar refractivity (Wildman–Crippen MR) is 156 cm³/mol. The van der Waals surface area contributed by atoms with Crippen LogP contribution in [0.2, 0.25) is 0 Å². The summed E-state index contributed by atoms with van der Waals surface area (Å²) in [5, 5.41) is 11.7. The van der Waals surface area contributed by atoms with E-state index in [0.29, 0.717) is 12.8 Å². The van der Waals surface area contributed by atoms with Crippen LogP contribution in [-0.2, 0) is 35.3 Å². The fraction of sp³-hybridized carbons (Fsp3) is 0.688. The lowest BCUT2D eigenvalue weighted by Gasteiger charge is -2.19. The number of carbonyl (C=O) groups is 4. The van der Waals surface area contributed by atoms with Crippen molar-refractivity contribution < 1.29 is 33.8 Å². The van der Waals surface area contributed by atoms with Gasteiger partial charge in [-0.15, -0.1) is 0 Å². The molecule has 1 amide bonds. The van der Waals surface area contributed by atoms with Gasteiger partial charge in [-0.25, -0.2) is 4.79 Å². The quantitative estimate of drug-likeness (QED) is 0.117. The average molecular weight is 562 g/mol. The Hall–Kier alpha value is -2.90. The highest BCUT2D eigenvalue weighted by Gasteiger charge is 2.23. The number of aliphatic carboxylic acids is 1. The Bertz CT molecular complexity index is 864. The fourth-order valence-corrected chi connectivity index (χ4v) is 4.33. The Morgan fingerprint density at radius 2 is 1.25 bits per heavy atom. The van der Waals surface area contributed by atoms with Crippen LogP contribution in [0.4, 0.5) is 0 Å². The molecule has 1 aromatic carbocycles. The molecule has 8 nitrogen and oxygen atoms in total. The second-order valence-electron chi connectivity index (χ2n) is 11.5. The average Bonchev–Trinajstić information content (AvgIpc) is 2.89. The van der Waals surface area contributed by atoms with E-state index in [1.807, 2.05) is 51.1 Å². The van der Waals surface area contributed by atoms with Crippen molar-refractivity contribution in [1.82, 2.24) is 5.32 Å². The van der Waals surface area contributed by atoms with Gasteiger partial charge in [0.25, 0.3) is 0 Å². The first-order valence-corrected chi connectivity index (χ1v) is 15.0. The number of hydrogen-bond acceptors (Lipinski definition) is 6. The van der Waals surface area contributed by atoms with Crippen molar-refractivity contribution >= 4 is 23.8 Å². The maximum atomic E-state index is 12.5. The Balaban J connectivity index is 2.07. The van der Waals surface area contributed by atoms with Crippen molar-refractivity contribution in [2.45, 2.75) is 142 Å². The van der Waals surface area contributed by atoms with Crippen LogP contribution in [0.25, 0.3) is 0 Å². The zero-order valence-electron chi connectivity index (χ0n) is 24.9. The molecular weight excluding hydrogens is 510 g/mol. The molecule has 0 bridgehead atoms. The molecule has 0 aliphatic rings. The van der Waals surface area contributed by atoms with Gasteiger partial charge in [-0.2, -0.15) is 0 Å². The summed E-state index contributed by atoms with van der Waals surface area (Å²) in [5.74, 6) is -1.99. The number of unbranched alkanes of at least 4 members (excludes halogenated alkanes) is 11. The van der Waals surface area contributed by atoms with Gasteiger partial charge in [0.1, 0.15) is 18.2 Å². The van der Waals surface area contributed by atoms with E-state index in [1.54, 1.807) is 0 Å². The molecule has 1 rings (SSSR count). The summed E-state index contributed by atoms with van der Waals surface area (Å²) >= 11 is 0. The van der Waals surface area contributed by atoms with Crippen molar-refractivity contribution in [3.8, 4) is 0 Å². The Morgan fingerprint density at radius 3 is 1.75 bits per heavy atom. The lowest BCUT2D eigenvalue weighted by molar-refractivity contribution is -0.155. The normalized spacial score (nSPS) is 12.0. The van der Waals surface area contributed by atoms with Gasteiger partial charge in [-0.3, -0.25) is 14.4 Å². The maximum Gasteiger partial charge on any atom is 0.328 e. The number of ether oxygens (including phenoxy) is 2. The molecular formula is C32H51NO7. The molecule has 0 spiro atoms. The van der Waals surface area contributed by atoms with Crippen molar-refractivity contribution in [3.63, 3.8) is 0 Å². The van der Waals surface area contributed by atoms with Crippen molar-refractivity contribution in [1.29, 1.82) is 0 Å². The highest BCUT2D eigenvalue weighted by atomic mass is 16.6. The first-order valence-electron chi connectivity index (χ1n) is 15.0. The van der Waals surface area contributed by atoms with Gasteiger partial charge in [-0.1, -0.05) is 94.5 Å². The summed E-state index contributed by atoms with van der Waals surface area (Å²) in [4.78, 5) is 47.5. The van der Waals surface area contributed by atoms with Gasteiger partial charge in [0.05, 0.1) is 0 Å². The zero-order chi connectivity index (χ0) is 29.6. The van der Waals surface area contributed by atoms with Crippen molar-refractivity contribution in [2.24, 2.45) is 0 Å². The molecule has 0 heterocycles. The van der Waals surface area contributed by atoms with Crippen LogP contribution in [0.1, 0.15) is 129 Å². The monoisotopic (exact) mass is 561 g/mol. The van der Waals surface area contributed by atoms with Gasteiger partial charge in [0.2, 0.25) is 5.91 Å². The van der Waals surface area contributed by atoms with E-state index < -0.39 is 23.6 Å². The highest BCUT2D eigenvalue weighted by molar-refractivity contribution is 5.84. The first-order chi connectivity index (χ1) is 19.1. The van der Waals surface area contributed by atoms with E-state index in [-0.39, 0.29) is 31.3 Å². The molecule has 0 aliphatic heterocycles. The Morgan fingerprint density at radius 1 is 0.750 bits per heavy atom. The number of esters is 2. The van der Waals surface area contributed by atoms with E-state index in [2.05, 4.69) is 5.32 Å². The molecule has 0 aliphatic carbocycles. The number of amides is 1. The Kier molecular flexibility index (Phi) is 18.4. The van der Waals surface area contributed by atoms with E-state index in [9.17, 15) is 19.2 Å². The van der Waals surface area contributed by atoms with Crippen LogP contribution in [0, 0.1) is 0 Å². The van der Waals surface area contributed by atoms with Gasteiger partial charge < -0.3 is 19.9 Å². The van der Waals surface area contributed by atoms with Gasteiger partial charge in [0.15, 0.2) is 0 Å². The molecule has 226 valence electrons. The zero-order valence-corrected chi connectivity index (χ0v) is 24.9. The molecule has 2 N–H and O–H groups in total. The molecule has 0 radical (unpaired) electrons. The topological polar surface area (TPSA) is 119 Å². The van der Waals surface area contributed by atoms with E-state index in [4.69, 9.17) is 14.6 Å². The van der Waals surface area contributed by atoms with Crippen LogP contribution in [0.15, 0.2) is 30.3 Å². The number of carboxylic acid groups (broad SMARTS) is 1. The molecule has 1 atom stereocenters. The van der Waals surface area contributed by atoms with Crippen molar-refractivity contribution in [2.75, 3.05) is 0 Å². The first kappa shape index (κ1) is 35.1. The molecule has 0 aromatic heterocycles. The number of hydrogen-bond donors (Lipinski definition) is 2. The summed E-state index contributed by atoms with van der Waals surface area (Å²) in [6, 6.07) is 8.25. The number of carboxylic acids is 1. The third-order valence-electron chi connectivity index (χ3n) is 6.45. The summed E-state index contributed by atoms with van der Waals surface area (Å²) in [6.07, 6.45) is 13.7. The SMILES string of the molecule is CC(C)(C)OC(=O)CCCCCCCCCCCCCCC(=O)NC(CCC(=O)O)C(=O)OCc1ccccc1. The minimum absolute atomic E-state index is 0.000772. The standard InChI is InChI=1S/C32H51NO7/c1-32(2,3)40-30(37)22-18-13-11-9-7-5-4-6-8-10-12-17-21-28(34)33-27(23-24-29(35)36)31(38)39-25-26-19-15-14-16-20-26/h14-16,19-20,27H,4-13,17-18,21-25H2,1-3H3,(H,33,34)(H,35,36). The molecule has 0 saturated heterocycles. The summed E-state index contributed by atoms with van der Waals surface area (Å²) in [5.41, 5.74) is 0.423. The third-order valence-corrected chi connectivity index (χ3v) is 6.45. The van der Waals surface area contributed by atoms with E-state index in [1.165, 1.54) is 32.1 Å². The lowest BCUT2D eigenvalue weighted by atomic mass is 10.0. The summed E-state index contributed by atoms with van der Waals surface area (Å²) in [7, 11) is 0. The number of carbonyl (C=O) groups excluding carboxylic acids is 3. The van der Waals surface area contributed by atoms with Gasteiger partial charge in [-0.05, 0) is 45.6 Å². The minimum atomic E-state index is -1.02. The second-order valence-corrected chi connectivity index (χ2v) is 11.5. The highest BCUT2D eigenvalue weighted by Crippen LogP contribution is 2.15. The number of nitrogens with one attached hydrogen (secondary N) is 1. The van der Waals surface area contributed by atoms with Crippen LogP contribution in [0.3, 0.4) is 0 Å². The molecule has 1 aromatic rings. The van der Waals surface area contributed by atoms with Crippen LogP contribution in [-0.4, -0.2) is 40.6 Å². The van der Waals surface area contributed by atoms with Gasteiger partial charge >= 0.3 is 17.9 Å². The van der Waals surface area contributed by atoms with Crippen LogP contribution < -0.4 is 5.32 Å². The summed E-state index contributed by atoms with van der Waals surface area (Å²) in [6.45, 7) is 5.75. The molecule has 8 heteroatoms. The molecule has 40 heavy (non-hydrogen) atoms. The minimum Gasteiger partial charge on any atom is -0.481 e. The van der Waals surface area contributed by atoms with E-state index >= 15 is 0 Å². The largest absolute Gasteiger partial charge is 0.481 e. The molecule has 0 saturated carbocycles. The number of rotatable bonds is 22. The second kappa shape index (κ2) is 20.9. The molecule has 0 fully saturated rings. The van der Waals surface area contributed by atoms with Crippen molar-refractivity contribution in [3.05, 3.63) is 35.9 Å². The smallest absolute Gasteiger partial charge is 0.328 e. The maximum absolute atomic E-state index is 12.5.